The zero-order chi connectivity index (χ0) is 13.2. The van der Waals surface area contributed by atoms with Gasteiger partial charge in [0.25, 0.3) is 0 Å². The molecule has 0 bridgehead atoms. The first kappa shape index (κ1) is 15.9. The quantitative estimate of drug-likeness (QED) is 0.624. The van der Waals surface area contributed by atoms with Crippen molar-refractivity contribution in [3.05, 3.63) is 0 Å². The van der Waals surface area contributed by atoms with E-state index in [2.05, 4.69) is 11.8 Å². The van der Waals surface area contributed by atoms with Crippen molar-refractivity contribution in [1.82, 2.24) is 4.90 Å². The Labute approximate surface area is 112 Å². The van der Waals surface area contributed by atoms with Gasteiger partial charge in [-0.15, -0.1) is 0 Å². The minimum absolute atomic E-state index is 0.188. The fourth-order valence-corrected chi connectivity index (χ4v) is 2.83. The summed E-state index contributed by atoms with van der Waals surface area (Å²) in [5, 5.41) is 18.9. The molecule has 0 aliphatic carbocycles. The lowest BCUT2D eigenvalue weighted by Crippen LogP contribution is -2.46. The van der Waals surface area contributed by atoms with Gasteiger partial charge in [-0.3, -0.25) is 4.90 Å². The largest absolute Gasteiger partial charge is 0.395 e. The molecule has 1 saturated heterocycles. The van der Waals surface area contributed by atoms with E-state index >= 15 is 0 Å². The van der Waals surface area contributed by atoms with Gasteiger partial charge in [0.2, 0.25) is 0 Å². The molecule has 3 nitrogen and oxygen atoms in total. The fourth-order valence-electron chi connectivity index (χ4n) is 2.83. The summed E-state index contributed by atoms with van der Waals surface area (Å²) in [5.41, 5.74) is 0. The fraction of sp³-hybridized carbons (Fsp3) is 1.00. The highest BCUT2D eigenvalue weighted by atomic mass is 16.3. The molecule has 0 aromatic carbocycles. The summed E-state index contributed by atoms with van der Waals surface area (Å²) < 4.78 is 0. The topological polar surface area (TPSA) is 43.7 Å². The summed E-state index contributed by atoms with van der Waals surface area (Å²) in [6.45, 7) is 4.47. The molecule has 0 saturated carbocycles. The molecule has 0 radical (unpaired) electrons. The van der Waals surface area contributed by atoms with E-state index in [1.54, 1.807) is 0 Å². The van der Waals surface area contributed by atoms with Crippen LogP contribution in [-0.2, 0) is 0 Å². The normalized spacial score (nSPS) is 25.5. The molecular formula is C15H31NO2. The third kappa shape index (κ3) is 6.17. The molecule has 0 spiro atoms. The Hall–Kier alpha value is -0.120. The Morgan fingerprint density at radius 1 is 1.06 bits per heavy atom. The number of hydrogen-bond acceptors (Lipinski definition) is 3. The van der Waals surface area contributed by atoms with Crippen LogP contribution in [0.4, 0.5) is 0 Å². The molecule has 18 heavy (non-hydrogen) atoms. The van der Waals surface area contributed by atoms with Crippen molar-refractivity contribution in [1.29, 1.82) is 0 Å². The first-order valence-electron chi connectivity index (χ1n) is 7.81. The molecule has 1 heterocycles. The van der Waals surface area contributed by atoms with E-state index in [0.717, 1.165) is 25.9 Å². The summed E-state index contributed by atoms with van der Waals surface area (Å²) in [6, 6.07) is 0.189. The van der Waals surface area contributed by atoms with Crippen molar-refractivity contribution >= 4 is 0 Å². The van der Waals surface area contributed by atoms with Crippen LogP contribution in [0.25, 0.3) is 0 Å². The van der Waals surface area contributed by atoms with Gasteiger partial charge in [-0.2, -0.15) is 0 Å². The zero-order valence-corrected chi connectivity index (χ0v) is 12.0. The Morgan fingerprint density at radius 3 is 2.39 bits per heavy atom. The van der Waals surface area contributed by atoms with Crippen LogP contribution in [-0.4, -0.2) is 47.0 Å². The van der Waals surface area contributed by atoms with E-state index in [1.807, 2.05) is 0 Å². The van der Waals surface area contributed by atoms with E-state index in [-0.39, 0.29) is 18.8 Å². The summed E-state index contributed by atoms with van der Waals surface area (Å²) in [7, 11) is 0. The Balaban J connectivity index is 2.03. The number of likely N-dealkylation sites (tertiary alicyclic amines) is 1. The Bertz CT molecular complexity index is 199. The van der Waals surface area contributed by atoms with Gasteiger partial charge in [0.15, 0.2) is 0 Å². The smallest absolute Gasteiger partial charge is 0.0587 e. The highest BCUT2D eigenvalue weighted by Gasteiger charge is 2.25. The van der Waals surface area contributed by atoms with E-state index in [9.17, 15) is 10.2 Å². The van der Waals surface area contributed by atoms with Crippen LogP contribution < -0.4 is 0 Å². The number of hydrogen-bond donors (Lipinski definition) is 2. The van der Waals surface area contributed by atoms with Crippen molar-refractivity contribution in [2.24, 2.45) is 0 Å². The van der Waals surface area contributed by atoms with E-state index in [4.69, 9.17) is 0 Å². The number of aliphatic hydroxyl groups excluding tert-OH is 2. The minimum Gasteiger partial charge on any atom is -0.395 e. The first-order chi connectivity index (χ1) is 8.77. The highest BCUT2D eigenvalue weighted by Crippen LogP contribution is 2.18. The van der Waals surface area contributed by atoms with Crippen molar-refractivity contribution in [2.45, 2.75) is 76.9 Å². The number of unbranched alkanes of at least 4 members (excludes halogenated alkanes) is 6. The molecule has 2 N–H and O–H groups in total. The van der Waals surface area contributed by atoms with Crippen LogP contribution in [0.15, 0.2) is 0 Å². The Kier molecular flexibility index (Phi) is 8.64. The number of rotatable bonds is 9. The molecule has 1 aliphatic rings. The van der Waals surface area contributed by atoms with Gasteiger partial charge in [0.05, 0.1) is 12.7 Å². The van der Waals surface area contributed by atoms with Gasteiger partial charge in [-0.25, -0.2) is 0 Å². The summed E-state index contributed by atoms with van der Waals surface area (Å²) in [4.78, 5) is 2.36. The molecule has 0 aromatic heterocycles. The highest BCUT2D eigenvalue weighted by molar-refractivity contribution is 4.80. The monoisotopic (exact) mass is 257 g/mol. The van der Waals surface area contributed by atoms with Crippen LogP contribution >= 0.6 is 0 Å². The van der Waals surface area contributed by atoms with Crippen molar-refractivity contribution < 1.29 is 10.2 Å². The zero-order valence-electron chi connectivity index (χ0n) is 12.0. The lowest BCUT2D eigenvalue weighted by Gasteiger charge is -2.36. The van der Waals surface area contributed by atoms with Crippen LogP contribution in [0, 0.1) is 0 Å². The van der Waals surface area contributed by atoms with Crippen LogP contribution in [0.2, 0.25) is 0 Å². The molecule has 2 unspecified atom stereocenters. The van der Waals surface area contributed by atoms with Crippen LogP contribution in [0.1, 0.15) is 64.7 Å². The van der Waals surface area contributed by atoms with Gasteiger partial charge >= 0.3 is 0 Å². The molecule has 0 amide bonds. The van der Waals surface area contributed by atoms with Crippen molar-refractivity contribution in [2.75, 3.05) is 19.7 Å². The van der Waals surface area contributed by atoms with Gasteiger partial charge in [0.1, 0.15) is 0 Å². The summed E-state index contributed by atoms with van der Waals surface area (Å²) >= 11 is 0. The third-order valence-corrected chi connectivity index (χ3v) is 4.07. The third-order valence-electron chi connectivity index (χ3n) is 4.07. The average molecular weight is 257 g/mol. The second-order valence-corrected chi connectivity index (χ2v) is 5.67. The second kappa shape index (κ2) is 9.76. The molecule has 2 atom stereocenters. The maximum atomic E-state index is 9.58. The SMILES string of the molecule is CCCCCCCCCN1CCC(O)CC1CO. The maximum absolute atomic E-state index is 9.58. The first-order valence-corrected chi connectivity index (χ1v) is 7.81. The van der Waals surface area contributed by atoms with Crippen LogP contribution in [0.3, 0.4) is 0 Å². The van der Waals surface area contributed by atoms with Crippen molar-refractivity contribution in [3.8, 4) is 0 Å². The predicted octanol–water partition coefficient (Wildman–Crippen LogP) is 2.55. The van der Waals surface area contributed by atoms with Crippen molar-refractivity contribution in [3.63, 3.8) is 0 Å². The van der Waals surface area contributed by atoms with Crippen LogP contribution in [0.5, 0.6) is 0 Å². The molecule has 3 heteroatoms. The number of piperidine rings is 1. The average Bonchev–Trinajstić information content (AvgIpc) is 2.39. The maximum Gasteiger partial charge on any atom is 0.0587 e. The standard InChI is InChI=1S/C15H31NO2/c1-2-3-4-5-6-7-8-10-16-11-9-15(18)12-14(16)13-17/h14-15,17-18H,2-13H2,1H3. The number of nitrogens with zero attached hydrogens (tertiary/aromatic N) is 1. The molecule has 108 valence electrons. The lowest BCUT2D eigenvalue weighted by atomic mass is 9.99. The van der Waals surface area contributed by atoms with E-state index in [0.29, 0.717) is 0 Å². The lowest BCUT2D eigenvalue weighted by molar-refractivity contribution is 0.0163. The Morgan fingerprint density at radius 2 is 1.72 bits per heavy atom. The second-order valence-electron chi connectivity index (χ2n) is 5.67. The summed E-state index contributed by atoms with van der Waals surface area (Å²) in [6.07, 6.45) is 10.7. The molecule has 1 fully saturated rings. The van der Waals surface area contributed by atoms with Gasteiger partial charge < -0.3 is 10.2 Å². The minimum atomic E-state index is -0.201. The molecule has 0 aromatic rings. The van der Waals surface area contributed by atoms with Gasteiger partial charge in [-0.1, -0.05) is 45.4 Å². The van der Waals surface area contributed by atoms with E-state index < -0.39 is 0 Å². The van der Waals surface area contributed by atoms with Gasteiger partial charge in [0, 0.05) is 12.6 Å². The summed E-state index contributed by atoms with van der Waals surface area (Å²) in [5.74, 6) is 0. The number of aliphatic hydroxyl groups is 2. The van der Waals surface area contributed by atoms with Gasteiger partial charge in [-0.05, 0) is 25.8 Å². The van der Waals surface area contributed by atoms with E-state index in [1.165, 1.54) is 44.9 Å². The molecule has 1 rings (SSSR count). The molecule has 1 aliphatic heterocycles. The predicted molar refractivity (Wildman–Crippen MR) is 75.7 cm³/mol. The molecular weight excluding hydrogens is 226 g/mol.